The Balaban J connectivity index is 1.21. The molecule has 2 aromatic heterocycles. The molecule has 2 saturated heterocycles. The molecule has 1 amide bonds. The molecule has 2 atom stereocenters. The van der Waals surface area contributed by atoms with E-state index in [1.54, 1.807) is 16.7 Å². The van der Waals surface area contributed by atoms with E-state index in [2.05, 4.69) is 20.1 Å². The van der Waals surface area contributed by atoms with Gasteiger partial charge in [0.05, 0.1) is 5.56 Å². The topological polar surface area (TPSA) is 118 Å². The molecule has 40 heavy (non-hydrogen) atoms. The third-order valence-corrected chi connectivity index (χ3v) is 7.61. The molecule has 1 aromatic carbocycles. The first-order valence-electron chi connectivity index (χ1n) is 13.1. The predicted octanol–water partition coefficient (Wildman–Crippen LogP) is 3.45. The van der Waals surface area contributed by atoms with E-state index in [-0.39, 0.29) is 23.9 Å². The number of hydrogen-bond acceptors (Lipinski definition) is 9. The molecule has 0 spiro atoms. The van der Waals surface area contributed by atoms with Crippen LogP contribution >= 0.6 is 0 Å². The lowest BCUT2D eigenvalue weighted by molar-refractivity contribution is 0.0661. The second-order valence-electron chi connectivity index (χ2n) is 10.1. The average molecular weight is 563 g/mol. The second-order valence-corrected chi connectivity index (χ2v) is 10.1. The summed E-state index contributed by atoms with van der Waals surface area (Å²) < 4.78 is 58.7. The van der Waals surface area contributed by atoms with E-state index in [1.807, 2.05) is 11.8 Å². The van der Waals surface area contributed by atoms with E-state index in [0.29, 0.717) is 68.2 Å². The number of anilines is 2. The van der Waals surface area contributed by atoms with E-state index < -0.39 is 29.9 Å². The highest BCUT2D eigenvalue weighted by Gasteiger charge is 2.35. The average Bonchev–Trinajstić information content (AvgIpc) is 3.59. The maximum absolute atomic E-state index is 14.5. The summed E-state index contributed by atoms with van der Waals surface area (Å²) in [6, 6.07) is 1.95. The van der Waals surface area contributed by atoms with Crippen molar-refractivity contribution >= 4 is 17.9 Å². The van der Waals surface area contributed by atoms with Gasteiger partial charge in [-0.1, -0.05) is 5.16 Å². The Bertz CT molecular complexity index is 1350. The van der Waals surface area contributed by atoms with E-state index in [1.165, 1.54) is 18.5 Å². The number of amides is 1. The molecule has 0 saturated carbocycles. The second kappa shape index (κ2) is 11.4. The number of carbonyl (C=O) groups is 1. The predicted molar refractivity (Wildman–Crippen MR) is 137 cm³/mol. The minimum atomic E-state index is -2.80. The molecule has 0 radical (unpaired) electrons. The fourth-order valence-electron chi connectivity index (χ4n) is 5.43. The van der Waals surface area contributed by atoms with Crippen molar-refractivity contribution in [3.63, 3.8) is 0 Å². The number of hydrogen-bond donors (Lipinski definition) is 1. The number of carbonyl (C=O) groups excluding carboxylic acids is 1. The van der Waals surface area contributed by atoms with Crippen LogP contribution in [0.15, 0.2) is 29.0 Å². The van der Waals surface area contributed by atoms with Gasteiger partial charge in [0, 0.05) is 69.2 Å². The molecule has 5 rings (SSSR count). The summed E-state index contributed by atoms with van der Waals surface area (Å²) in [6.07, 6.45) is 1.32. The van der Waals surface area contributed by atoms with Crippen molar-refractivity contribution in [1.29, 1.82) is 0 Å². The minimum Gasteiger partial charge on any atom is -0.339 e. The van der Waals surface area contributed by atoms with E-state index >= 15 is 0 Å². The number of aromatic nitrogens is 4. The summed E-state index contributed by atoms with van der Waals surface area (Å²) in [5.74, 6) is -2.09. The molecule has 2 fully saturated rings. The molecule has 14 heteroatoms. The first-order chi connectivity index (χ1) is 19.2. The lowest BCUT2D eigenvalue weighted by atomic mass is 9.93. The first kappa shape index (κ1) is 27.7. The zero-order valence-corrected chi connectivity index (χ0v) is 22.1. The van der Waals surface area contributed by atoms with Crippen molar-refractivity contribution in [3.8, 4) is 0 Å². The number of benzene rings is 1. The maximum Gasteiger partial charge on any atom is 0.324 e. The molecular formula is C26H30F4N8O2. The molecule has 2 N–H and O–H groups in total. The fraction of sp³-hybridized carbons (Fsp3) is 0.500. The van der Waals surface area contributed by atoms with Crippen LogP contribution in [0.4, 0.5) is 29.5 Å². The Morgan fingerprint density at radius 3 is 2.45 bits per heavy atom. The molecule has 0 aliphatic carbocycles. The quantitative estimate of drug-likeness (QED) is 0.432. The zero-order chi connectivity index (χ0) is 28.6. The Hall–Kier alpha value is -3.81. The highest BCUT2D eigenvalue weighted by molar-refractivity contribution is 5.94. The van der Waals surface area contributed by atoms with Gasteiger partial charge in [-0.05, 0) is 43.9 Å². The van der Waals surface area contributed by atoms with Gasteiger partial charge in [0.15, 0.2) is 0 Å². The van der Waals surface area contributed by atoms with Crippen LogP contribution in [0.1, 0.15) is 59.4 Å². The highest BCUT2D eigenvalue weighted by Crippen LogP contribution is 2.32. The van der Waals surface area contributed by atoms with Crippen molar-refractivity contribution < 1.29 is 26.9 Å². The summed E-state index contributed by atoms with van der Waals surface area (Å²) in [5, 5.41) is 3.30. The van der Waals surface area contributed by atoms with Crippen molar-refractivity contribution in [1.82, 2.24) is 25.0 Å². The number of halogens is 4. The number of piperidine rings is 1. The summed E-state index contributed by atoms with van der Waals surface area (Å²) >= 11 is 0. The van der Waals surface area contributed by atoms with Gasteiger partial charge in [0.25, 0.3) is 5.91 Å². The number of nitrogens with two attached hydrogens (primary N) is 1. The van der Waals surface area contributed by atoms with E-state index in [9.17, 15) is 22.4 Å². The Kier molecular flexibility index (Phi) is 7.88. The van der Waals surface area contributed by atoms with Crippen molar-refractivity contribution in [3.05, 3.63) is 58.7 Å². The van der Waals surface area contributed by atoms with Crippen molar-refractivity contribution in [2.75, 3.05) is 42.5 Å². The molecule has 0 unspecified atom stereocenters. The van der Waals surface area contributed by atoms with E-state index in [4.69, 9.17) is 10.3 Å². The van der Waals surface area contributed by atoms with Gasteiger partial charge in [-0.15, -0.1) is 0 Å². The smallest absolute Gasteiger partial charge is 0.324 e. The third kappa shape index (κ3) is 5.44. The maximum atomic E-state index is 14.5. The number of aryl methyl sites for hydroxylation is 1. The zero-order valence-electron chi connectivity index (χ0n) is 22.1. The summed E-state index contributed by atoms with van der Waals surface area (Å²) in [6.45, 7) is 5.61. The summed E-state index contributed by atoms with van der Waals surface area (Å²) in [7, 11) is 0. The van der Waals surface area contributed by atoms with Gasteiger partial charge >= 0.3 is 12.4 Å². The number of alkyl halides is 2. The minimum absolute atomic E-state index is 0.0493. The van der Waals surface area contributed by atoms with Crippen LogP contribution in [0.5, 0.6) is 0 Å². The number of nitrogens with zero attached hydrogens (tertiary/aromatic N) is 7. The standard InChI is InChI=1S/C26H30F4N8O2/c1-3-38(16-4-6-36(7-5-16)26-34-23(22(29)30)35-40-26)24(39)15-10-32-25(33-11-15)37-12-18(21(31)13-37)17-8-14(2)19(27)9-20(17)28/h8-11,16,18,21-22H,3-7,12-13,31H2,1-2H3/t18-,21+/m1/s1. The molecule has 3 aromatic rings. The van der Waals surface area contributed by atoms with Gasteiger partial charge in [-0.25, -0.2) is 27.5 Å². The molecular weight excluding hydrogens is 532 g/mol. The van der Waals surface area contributed by atoms with Crippen molar-refractivity contribution in [2.45, 2.75) is 51.1 Å². The van der Waals surface area contributed by atoms with Crippen molar-refractivity contribution in [2.24, 2.45) is 5.73 Å². The molecule has 214 valence electrons. The van der Waals surface area contributed by atoms with Crippen LogP contribution in [-0.4, -0.2) is 75.7 Å². The van der Waals surface area contributed by atoms with Crippen LogP contribution in [-0.2, 0) is 0 Å². The van der Waals surface area contributed by atoms with Gasteiger partial charge in [-0.3, -0.25) is 4.79 Å². The largest absolute Gasteiger partial charge is 0.339 e. The number of rotatable bonds is 7. The van der Waals surface area contributed by atoms with Gasteiger partial charge < -0.3 is 25.0 Å². The Morgan fingerprint density at radius 2 is 1.82 bits per heavy atom. The molecule has 10 nitrogen and oxygen atoms in total. The van der Waals surface area contributed by atoms with Crippen LogP contribution in [0, 0.1) is 18.6 Å². The van der Waals surface area contributed by atoms with Gasteiger partial charge in [0.1, 0.15) is 11.6 Å². The molecule has 2 aliphatic rings. The summed E-state index contributed by atoms with van der Waals surface area (Å²) in [5.41, 5.74) is 7.34. The van der Waals surface area contributed by atoms with E-state index in [0.717, 1.165) is 6.07 Å². The molecule has 0 bridgehead atoms. The van der Waals surface area contributed by atoms with Crippen LogP contribution in [0.2, 0.25) is 0 Å². The normalized spacial score (nSPS) is 20.0. The van der Waals surface area contributed by atoms with Gasteiger partial charge in [0.2, 0.25) is 11.8 Å². The van der Waals surface area contributed by atoms with Gasteiger partial charge in [-0.2, -0.15) is 4.98 Å². The first-order valence-corrected chi connectivity index (χ1v) is 13.1. The molecule has 4 heterocycles. The SMILES string of the molecule is CCN(C(=O)c1cnc(N2C[C@H](c3cc(C)c(F)cc3F)[C@@H](N)C2)nc1)C1CCN(c2nc(C(F)F)no2)CC1. The lowest BCUT2D eigenvalue weighted by Gasteiger charge is -2.37. The Morgan fingerprint density at radius 1 is 1.12 bits per heavy atom. The third-order valence-electron chi connectivity index (χ3n) is 7.61. The molecule has 2 aliphatic heterocycles. The Labute approximate surface area is 228 Å². The lowest BCUT2D eigenvalue weighted by Crippen LogP contribution is -2.47. The monoisotopic (exact) mass is 562 g/mol. The van der Waals surface area contributed by atoms with Crippen LogP contribution < -0.4 is 15.5 Å². The van der Waals surface area contributed by atoms with Crippen LogP contribution in [0.3, 0.4) is 0 Å². The van der Waals surface area contributed by atoms with Crippen LogP contribution in [0.25, 0.3) is 0 Å². The highest BCUT2D eigenvalue weighted by atomic mass is 19.3. The summed E-state index contributed by atoms with van der Waals surface area (Å²) in [4.78, 5) is 31.2. The fourth-order valence-corrected chi connectivity index (χ4v) is 5.43.